The van der Waals surface area contributed by atoms with Crippen LogP contribution in [-0.4, -0.2) is 37.8 Å². The maximum absolute atomic E-state index is 12.7. The third-order valence-electron chi connectivity index (χ3n) is 4.97. The van der Waals surface area contributed by atoms with Gasteiger partial charge in [-0.1, -0.05) is 11.6 Å². The molecule has 0 radical (unpaired) electrons. The lowest BCUT2D eigenvalue weighted by Gasteiger charge is -2.21. The quantitative estimate of drug-likeness (QED) is 0.661. The lowest BCUT2D eigenvalue weighted by Crippen LogP contribution is -2.36. The molecule has 2 aliphatic heterocycles. The van der Waals surface area contributed by atoms with Crippen LogP contribution in [0.4, 0.5) is 10.5 Å². The maximum atomic E-state index is 12.7. The van der Waals surface area contributed by atoms with Crippen molar-refractivity contribution >= 4 is 35.1 Å². The van der Waals surface area contributed by atoms with E-state index >= 15 is 0 Å². The van der Waals surface area contributed by atoms with Crippen LogP contribution in [0, 0.1) is 0 Å². The van der Waals surface area contributed by atoms with Gasteiger partial charge in [-0.05, 0) is 36.4 Å². The Morgan fingerprint density at radius 3 is 2.81 bits per heavy atom. The number of methoxy groups -OCH3 is 1. The smallest absolute Gasteiger partial charge is 0.329 e. The highest BCUT2D eigenvalue weighted by molar-refractivity contribution is 6.30. The van der Waals surface area contributed by atoms with E-state index in [1.807, 2.05) is 0 Å². The Bertz CT molecular complexity index is 1030. The molecule has 31 heavy (non-hydrogen) atoms. The number of nitrogens with zero attached hydrogens (tertiary/aromatic N) is 1. The number of anilines is 1. The molecular formula is C21H20ClN3O6. The minimum absolute atomic E-state index is 0.124. The summed E-state index contributed by atoms with van der Waals surface area (Å²) in [6.07, 6.45) is -0.191. The van der Waals surface area contributed by atoms with Crippen LogP contribution >= 0.6 is 11.6 Å². The molecule has 162 valence electrons. The van der Waals surface area contributed by atoms with E-state index in [1.54, 1.807) is 36.4 Å². The van der Waals surface area contributed by atoms with Gasteiger partial charge in [0.2, 0.25) is 5.91 Å². The van der Waals surface area contributed by atoms with E-state index < -0.39 is 23.9 Å². The topological polar surface area (TPSA) is 106 Å². The van der Waals surface area contributed by atoms with Crippen LogP contribution in [0.25, 0.3) is 0 Å². The number of nitrogens with one attached hydrogen (secondary N) is 2. The minimum atomic E-state index is -0.951. The van der Waals surface area contributed by atoms with Gasteiger partial charge >= 0.3 is 6.03 Å². The fourth-order valence-corrected chi connectivity index (χ4v) is 3.75. The van der Waals surface area contributed by atoms with Crippen molar-refractivity contribution in [2.24, 2.45) is 0 Å². The van der Waals surface area contributed by atoms with Crippen LogP contribution in [0.1, 0.15) is 17.5 Å². The zero-order valence-corrected chi connectivity index (χ0v) is 17.4. The number of ether oxygens (including phenoxy) is 3. The number of benzene rings is 2. The number of hydrogen-bond acceptors (Lipinski definition) is 6. The number of carbonyl (C=O) groups is 3. The predicted molar refractivity (Wildman–Crippen MR) is 111 cm³/mol. The number of urea groups is 1. The van der Waals surface area contributed by atoms with Gasteiger partial charge in [-0.3, -0.25) is 9.59 Å². The van der Waals surface area contributed by atoms with E-state index in [4.69, 9.17) is 25.8 Å². The molecule has 4 rings (SSSR count). The van der Waals surface area contributed by atoms with Crippen LogP contribution < -0.4 is 25.0 Å². The molecule has 2 heterocycles. The van der Waals surface area contributed by atoms with E-state index in [1.165, 1.54) is 7.11 Å². The first-order valence-electron chi connectivity index (χ1n) is 9.53. The average Bonchev–Trinajstić information content (AvgIpc) is 3.04. The number of carbonyl (C=O) groups excluding carboxylic acids is 3. The van der Waals surface area contributed by atoms with Gasteiger partial charge in [-0.25, -0.2) is 9.69 Å². The molecule has 2 aromatic carbocycles. The number of amides is 4. The van der Waals surface area contributed by atoms with Gasteiger partial charge in [0.15, 0.2) is 6.79 Å². The van der Waals surface area contributed by atoms with E-state index in [0.29, 0.717) is 34.4 Å². The SMILES string of the molecule is COc1ccc(N2C(=O)N[C@H](CC(=O)NCc3cc(Cl)cc4c3OCOC4)C2=O)cc1. The van der Waals surface area contributed by atoms with Crippen LogP contribution in [0.2, 0.25) is 5.02 Å². The first kappa shape index (κ1) is 21.0. The Morgan fingerprint density at radius 2 is 2.06 bits per heavy atom. The van der Waals surface area contributed by atoms with Gasteiger partial charge in [0.25, 0.3) is 5.91 Å². The van der Waals surface area contributed by atoms with Crippen molar-refractivity contribution in [2.75, 3.05) is 18.8 Å². The molecular weight excluding hydrogens is 426 g/mol. The molecule has 0 spiro atoms. The van der Waals surface area contributed by atoms with Crippen molar-refractivity contribution < 1.29 is 28.6 Å². The highest BCUT2D eigenvalue weighted by Gasteiger charge is 2.40. The molecule has 0 unspecified atom stereocenters. The Labute approximate surface area is 183 Å². The van der Waals surface area contributed by atoms with E-state index in [0.717, 1.165) is 10.5 Å². The molecule has 0 bridgehead atoms. The fourth-order valence-electron chi connectivity index (χ4n) is 3.48. The standard InChI is InChI=1S/C21H20ClN3O6/c1-29-16-4-2-15(3-5-16)25-20(27)17(24-21(25)28)8-18(26)23-9-12-6-14(22)7-13-10-30-11-31-19(12)13/h2-7,17H,8-11H2,1H3,(H,23,26)(H,24,28)/t17-/m1/s1. The summed E-state index contributed by atoms with van der Waals surface area (Å²) in [5.74, 6) is 0.347. The van der Waals surface area contributed by atoms with Crippen molar-refractivity contribution in [2.45, 2.75) is 25.6 Å². The summed E-state index contributed by atoms with van der Waals surface area (Å²) in [6.45, 7) is 0.665. The van der Waals surface area contributed by atoms with Gasteiger partial charge in [-0.15, -0.1) is 0 Å². The number of fused-ring (bicyclic) bond motifs is 1. The molecule has 1 atom stereocenters. The van der Waals surface area contributed by atoms with E-state index in [-0.39, 0.29) is 19.8 Å². The van der Waals surface area contributed by atoms with Gasteiger partial charge in [0.05, 0.1) is 25.8 Å². The van der Waals surface area contributed by atoms with E-state index in [2.05, 4.69) is 10.6 Å². The van der Waals surface area contributed by atoms with Crippen molar-refractivity contribution in [1.82, 2.24) is 10.6 Å². The molecule has 4 amide bonds. The molecule has 2 aromatic rings. The third-order valence-corrected chi connectivity index (χ3v) is 5.19. The summed E-state index contributed by atoms with van der Waals surface area (Å²) in [6, 6.07) is 8.43. The van der Waals surface area contributed by atoms with Gasteiger partial charge in [-0.2, -0.15) is 0 Å². The normalized spacial score (nSPS) is 17.6. The van der Waals surface area contributed by atoms with Crippen LogP contribution in [0.15, 0.2) is 36.4 Å². The molecule has 10 heteroatoms. The second kappa shape index (κ2) is 8.83. The molecule has 2 aliphatic rings. The predicted octanol–water partition coefficient (Wildman–Crippen LogP) is 2.35. The zero-order valence-electron chi connectivity index (χ0n) is 16.6. The molecule has 1 saturated heterocycles. The summed E-state index contributed by atoms with van der Waals surface area (Å²) >= 11 is 6.13. The highest BCUT2D eigenvalue weighted by Crippen LogP contribution is 2.31. The summed E-state index contributed by atoms with van der Waals surface area (Å²) in [4.78, 5) is 38.5. The Kier molecular flexibility index (Phi) is 5.97. The lowest BCUT2D eigenvalue weighted by molar-refractivity contribution is -0.125. The minimum Gasteiger partial charge on any atom is -0.497 e. The van der Waals surface area contributed by atoms with Crippen LogP contribution in [0.5, 0.6) is 11.5 Å². The Balaban J connectivity index is 1.38. The molecule has 9 nitrogen and oxygen atoms in total. The van der Waals surface area contributed by atoms with E-state index in [9.17, 15) is 14.4 Å². The first-order valence-corrected chi connectivity index (χ1v) is 9.91. The maximum Gasteiger partial charge on any atom is 0.329 e. The summed E-state index contributed by atoms with van der Waals surface area (Å²) in [5.41, 5.74) is 1.91. The highest BCUT2D eigenvalue weighted by atomic mass is 35.5. The zero-order chi connectivity index (χ0) is 22.0. The monoisotopic (exact) mass is 445 g/mol. The Hall–Kier alpha value is -3.30. The number of imide groups is 1. The van der Waals surface area contributed by atoms with Crippen molar-refractivity contribution in [3.63, 3.8) is 0 Å². The largest absolute Gasteiger partial charge is 0.497 e. The molecule has 2 N–H and O–H groups in total. The van der Waals surface area contributed by atoms with Crippen LogP contribution in [0.3, 0.4) is 0 Å². The van der Waals surface area contributed by atoms with Crippen molar-refractivity contribution in [3.8, 4) is 11.5 Å². The van der Waals surface area contributed by atoms with Crippen LogP contribution in [-0.2, 0) is 27.5 Å². The summed E-state index contributed by atoms with van der Waals surface area (Å²) in [5, 5.41) is 5.81. The number of rotatable bonds is 6. The van der Waals surface area contributed by atoms with Gasteiger partial charge < -0.3 is 24.8 Å². The average molecular weight is 446 g/mol. The Morgan fingerprint density at radius 1 is 1.29 bits per heavy atom. The second-order valence-electron chi connectivity index (χ2n) is 7.02. The molecule has 0 aromatic heterocycles. The summed E-state index contributed by atoms with van der Waals surface area (Å²) < 4.78 is 15.9. The van der Waals surface area contributed by atoms with Crippen molar-refractivity contribution in [3.05, 3.63) is 52.5 Å². The fraction of sp³-hybridized carbons (Fsp3) is 0.286. The lowest BCUT2D eigenvalue weighted by atomic mass is 10.1. The number of halogens is 1. The number of hydrogen-bond donors (Lipinski definition) is 2. The first-order chi connectivity index (χ1) is 15.0. The summed E-state index contributed by atoms with van der Waals surface area (Å²) in [7, 11) is 1.52. The van der Waals surface area contributed by atoms with Gasteiger partial charge in [0, 0.05) is 22.7 Å². The second-order valence-corrected chi connectivity index (χ2v) is 7.45. The van der Waals surface area contributed by atoms with Gasteiger partial charge in [0.1, 0.15) is 17.5 Å². The molecule has 0 saturated carbocycles. The third kappa shape index (κ3) is 4.42. The van der Waals surface area contributed by atoms with Crippen molar-refractivity contribution in [1.29, 1.82) is 0 Å². The molecule has 0 aliphatic carbocycles. The molecule has 1 fully saturated rings.